The van der Waals surface area contributed by atoms with Gasteiger partial charge in [-0.2, -0.15) is 0 Å². The highest BCUT2D eigenvalue weighted by molar-refractivity contribution is 7.13. The first-order valence-corrected chi connectivity index (χ1v) is 7.52. The van der Waals surface area contributed by atoms with Crippen LogP contribution in [0.3, 0.4) is 0 Å². The van der Waals surface area contributed by atoms with Crippen molar-refractivity contribution in [1.82, 2.24) is 10.3 Å². The van der Waals surface area contributed by atoms with Crippen LogP contribution in [-0.2, 0) is 6.54 Å². The zero-order valence-electron chi connectivity index (χ0n) is 11.7. The van der Waals surface area contributed by atoms with E-state index in [1.54, 1.807) is 13.0 Å². The fraction of sp³-hybridized carbons (Fsp3) is 0.357. The van der Waals surface area contributed by atoms with Crippen molar-refractivity contribution in [2.75, 3.05) is 6.54 Å². The number of hydrogen-bond acceptors (Lipinski definition) is 6. The largest absolute Gasteiger partial charge is 0.393 e. The van der Waals surface area contributed by atoms with E-state index in [1.807, 2.05) is 11.4 Å². The predicted molar refractivity (Wildman–Crippen MR) is 82.2 cm³/mol. The summed E-state index contributed by atoms with van der Waals surface area (Å²) in [5.41, 5.74) is 1.72. The number of benzene rings is 1. The maximum absolute atomic E-state index is 10.8. The Morgan fingerprint density at radius 2 is 2.33 bits per heavy atom. The van der Waals surface area contributed by atoms with Crippen LogP contribution in [0.1, 0.15) is 19.0 Å². The summed E-state index contributed by atoms with van der Waals surface area (Å²) in [5, 5.41) is 25.8. The summed E-state index contributed by atoms with van der Waals surface area (Å²) < 4.78 is 0. The molecule has 2 rings (SSSR count). The molecule has 112 valence electrons. The number of nitrogens with one attached hydrogen (secondary N) is 1. The van der Waals surface area contributed by atoms with Gasteiger partial charge in [0.05, 0.1) is 16.7 Å². The van der Waals surface area contributed by atoms with Crippen molar-refractivity contribution in [3.63, 3.8) is 0 Å². The summed E-state index contributed by atoms with van der Waals surface area (Å²) in [6.45, 7) is 3.10. The van der Waals surface area contributed by atoms with Crippen molar-refractivity contribution in [2.24, 2.45) is 0 Å². The lowest BCUT2D eigenvalue weighted by Gasteiger charge is -2.04. The standard InChI is InChI=1S/C14H17N3O3S/c1-10(18)5-6-15-8-12-9-21-14(16-12)11-3-2-4-13(7-11)17(19)20/h2-4,7,9-10,15,18H,5-6,8H2,1H3. The van der Waals surface area contributed by atoms with Crippen LogP contribution in [0.25, 0.3) is 10.6 Å². The molecule has 6 nitrogen and oxygen atoms in total. The number of aliphatic hydroxyl groups is 1. The molecule has 1 aromatic carbocycles. The molecule has 7 heteroatoms. The topological polar surface area (TPSA) is 88.3 Å². The predicted octanol–water partition coefficient (Wildman–Crippen LogP) is 2.58. The number of nitrogens with zero attached hydrogens (tertiary/aromatic N) is 2. The zero-order valence-corrected chi connectivity index (χ0v) is 12.5. The van der Waals surface area contributed by atoms with Gasteiger partial charge in [-0.3, -0.25) is 10.1 Å². The quantitative estimate of drug-likeness (QED) is 0.466. The third kappa shape index (κ3) is 4.59. The lowest BCUT2D eigenvalue weighted by molar-refractivity contribution is -0.384. The molecule has 0 aliphatic rings. The first-order chi connectivity index (χ1) is 10.1. The Morgan fingerprint density at radius 1 is 1.52 bits per heavy atom. The van der Waals surface area contributed by atoms with Gasteiger partial charge >= 0.3 is 0 Å². The van der Waals surface area contributed by atoms with Crippen molar-refractivity contribution >= 4 is 17.0 Å². The summed E-state index contributed by atoms with van der Waals surface area (Å²) in [7, 11) is 0. The summed E-state index contributed by atoms with van der Waals surface area (Å²) in [6.07, 6.45) is 0.385. The van der Waals surface area contributed by atoms with E-state index in [9.17, 15) is 10.1 Å². The Labute approximate surface area is 126 Å². The molecule has 0 radical (unpaired) electrons. The fourth-order valence-electron chi connectivity index (χ4n) is 1.80. The molecule has 0 fully saturated rings. The molecule has 2 aromatic rings. The van der Waals surface area contributed by atoms with Crippen LogP contribution in [0, 0.1) is 10.1 Å². The Bertz CT molecular complexity index is 613. The van der Waals surface area contributed by atoms with Crippen molar-refractivity contribution < 1.29 is 10.0 Å². The van der Waals surface area contributed by atoms with E-state index >= 15 is 0 Å². The normalized spacial score (nSPS) is 12.3. The van der Waals surface area contributed by atoms with Gasteiger partial charge in [-0.25, -0.2) is 4.98 Å². The van der Waals surface area contributed by atoms with E-state index in [2.05, 4.69) is 10.3 Å². The van der Waals surface area contributed by atoms with E-state index < -0.39 is 4.92 Å². The second-order valence-corrected chi connectivity index (χ2v) is 5.62. The third-order valence-corrected chi connectivity index (χ3v) is 3.84. The van der Waals surface area contributed by atoms with Crippen molar-refractivity contribution in [2.45, 2.75) is 26.0 Å². The molecule has 0 saturated heterocycles. The maximum Gasteiger partial charge on any atom is 0.270 e. The van der Waals surface area contributed by atoms with Crippen LogP contribution >= 0.6 is 11.3 Å². The molecule has 21 heavy (non-hydrogen) atoms. The number of hydrogen-bond donors (Lipinski definition) is 2. The highest BCUT2D eigenvalue weighted by Gasteiger charge is 2.10. The molecule has 0 bridgehead atoms. The minimum absolute atomic E-state index is 0.0688. The molecule has 0 amide bonds. The molecule has 2 N–H and O–H groups in total. The molecule has 0 aliphatic carbocycles. The highest BCUT2D eigenvalue weighted by Crippen LogP contribution is 2.26. The maximum atomic E-state index is 10.8. The molecular weight excluding hydrogens is 290 g/mol. The van der Waals surface area contributed by atoms with E-state index in [0.29, 0.717) is 13.0 Å². The number of nitro groups is 1. The molecule has 0 spiro atoms. The minimum Gasteiger partial charge on any atom is -0.393 e. The second kappa shape index (κ2) is 7.26. The lowest BCUT2D eigenvalue weighted by atomic mass is 10.2. The number of aromatic nitrogens is 1. The van der Waals surface area contributed by atoms with Crippen molar-refractivity contribution in [3.8, 4) is 10.6 Å². The molecule has 1 atom stereocenters. The average molecular weight is 307 g/mol. The highest BCUT2D eigenvalue weighted by atomic mass is 32.1. The van der Waals surface area contributed by atoms with Crippen molar-refractivity contribution in [3.05, 3.63) is 45.5 Å². The number of nitro benzene ring substituents is 1. The van der Waals surface area contributed by atoms with Crippen molar-refractivity contribution in [1.29, 1.82) is 0 Å². The lowest BCUT2D eigenvalue weighted by Crippen LogP contribution is -2.18. The van der Waals surface area contributed by atoms with Gasteiger partial charge in [-0.05, 0) is 19.9 Å². The Kier molecular flexibility index (Phi) is 5.38. The van der Waals surface area contributed by atoms with Gasteiger partial charge in [0, 0.05) is 29.6 Å². The second-order valence-electron chi connectivity index (χ2n) is 4.77. The van der Waals surface area contributed by atoms with E-state index in [-0.39, 0.29) is 11.8 Å². The monoisotopic (exact) mass is 307 g/mol. The summed E-state index contributed by atoms with van der Waals surface area (Å²) in [5.74, 6) is 0. The smallest absolute Gasteiger partial charge is 0.270 e. The molecule has 0 saturated carbocycles. The third-order valence-electron chi connectivity index (χ3n) is 2.90. The Hall–Kier alpha value is -1.83. The van der Waals surface area contributed by atoms with Gasteiger partial charge in [-0.15, -0.1) is 11.3 Å². The summed E-state index contributed by atoms with van der Waals surface area (Å²) in [4.78, 5) is 14.8. The van der Waals surface area contributed by atoms with Gasteiger partial charge in [0.25, 0.3) is 5.69 Å². The van der Waals surface area contributed by atoms with Gasteiger partial charge in [0.15, 0.2) is 0 Å². The number of non-ortho nitro benzene ring substituents is 1. The Morgan fingerprint density at radius 3 is 3.05 bits per heavy atom. The van der Waals surface area contributed by atoms with Crippen LogP contribution in [0.4, 0.5) is 5.69 Å². The average Bonchev–Trinajstić information content (AvgIpc) is 2.92. The summed E-state index contributed by atoms with van der Waals surface area (Å²) >= 11 is 1.46. The van der Waals surface area contributed by atoms with Crippen LogP contribution < -0.4 is 5.32 Å². The zero-order chi connectivity index (χ0) is 15.2. The van der Waals surface area contributed by atoms with Gasteiger partial charge in [0.2, 0.25) is 0 Å². The van der Waals surface area contributed by atoms with Crippen LogP contribution in [0.2, 0.25) is 0 Å². The van der Waals surface area contributed by atoms with Crippen LogP contribution in [-0.4, -0.2) is 27.7 Å². The SMILES string of the molecule is CC(O)CCNCc1csc(-c2cccc([N+](=O)[O-])c2)n1. The molecule has 1 aromatic heterocycles. The number of thiazole rings is 1. The number of rotatable bonds is 7. The summed E-state index contributed by atoms with van der Waals surface area (Å²) in [6, 6.07) is 6.48. The molecule has 0 aliphatic heterocycles. The fourth-order valence-corrected chi connectivity index (χ4v) is 2.62. The first kappa shape index (κ1) is 15.6. The van der Waals surface area contributed by atoms with Gasteiger partial charge in [0.1, 0.15) is 5.01 Å². The first-order valence-electron chi connectivity index (χ1n) is 6.64. The van der Waals surface area contributed by atoms with Crippen LogP contribution in [0.15, 0.2) is 29.6 Å². The van der Waals surface area contributed by atoms with Gasteiger partial charge < -0.3 is 10.4 Å². The molecule has 1 heterocycles. The Balaban J connectivity index is 1.99. The molecular formula is C14H17N3O3S. The van der Waals surface area contributed by atoms with E-state index in [4.69, 9.17) is 5.11 Å². The minimum atomic E-state index is -0.407. The number of aliphatic hydroxyl groups excluding tert-OH is 1. The van der Waals surface area contributed by atoms with E-state index in [1.165, 1.54) is 23.5 Å². The van der Waals surface area contributed by atoms with E-state index in [0.717, 1.165) is 22.8 Å². The molecule has 1 unspecified atom stereocenters. The van der Waals surface area contributed by atoms with Gasteiger partial charge in [-0.1, -0.05) is 12.1 Å². The van der Waals surface area contributed by atoms with Crippen LogP contribution in [0.5, 0.6) is 0 Å².